The van der Waals surface area contributed by atoms with Gasteiger partial charge in [-0.25, -0.2) is 8.42 Å². The third-order valence-corrected chi connectivity index (χ3v) is 4.90. The van der Waals surface area contributed by atoms with E-state index < -0.39 is 28.5 Å². The zero-order chi connectivity index (χ0) is 19.4. The van der Waals surface area contributed by atoms with E-state index >= 15 is 0 Å². The van der Waals surface area contributed by atoms with Crippen molar-refractivity contribution in [3.05, 3.63) is 41.6 Å². The van der Waals surface area contributed by atoms with Crippen molar-refractivity contribution in [3.63, 3.8) is 0 Å². The predicted octanol–water partition coefficient (Wildman–Crippen LogP) is 0.594. The van der Waals surface area contributed by atoms with Crippen molar-refractivity contribution in [2.45, 2.75) is 18.2 Å². The topological polar surface area (TPSA) is 140 Å². The summed E-state index contributed by atoms with van der Waals surface area (Å²) in [4.78, 5) is 27.6. The first kappa shape index (κ1) is 18.6. The van der Waals surface area contributed by atoms with E-state index in [0.717, 1.165) is 0 Å². The van der Waals surface area contributed by atoms with Crippen LogP contribution in [0.5, 0.6) is 0 Å². The summed E-state index contributed by atoms with van der Waals surface area (Å²) in [5.41, 5.74) is 1.05. The summed E-state index contributed by atoms with van der Waals surface area (Å²) in [7, 11) is -3.62. The zero-order valence-corrected chi connectivity index (χ0v) is 15.1. The molecule has 0 saturated heterocycles. The standard InChI is InChI=1S/C16H16N4O6S/c1-10-8-14(26-19-10)18-13(21)9-25-15(22)6-7-17-16-11-4-2-3-5-12(11)27(23,24)20-16/h2-5,8H,6-7,9H2,1H3,(H,17,20)(H,18,21). The van der Waals surface area contributed by atoms with E-state index in [0.29, 0.717) is 11.3 Å². The molecule has 11 heteroatoms. The molecule has 0 radical (unpaired) electrons. The van der Waals surface area contributed by atoms with Crippen molar-refractivity contribution in [2.24, 2.45) is 4.99 Å². The first-order chi connectivity index (χ1) is 12.8. The molecule has 0 aliphatic carbocycles. The number of hydrogen-bond donors (Lipinski definition) is 2. The molecule has 0 fully saturated rings. The van der Waals surface area contributed by atoms with Gasteiger partial charge in [0, 0.05) is 11.6 Å². The highest BCUT2D eigenvalue weighted by Crippen LogP contribution is 2.22. The van der Waals surface area contributed by atoms with Crippen molar-refractivity contribution in [1.29, 1.82) is 0 Å². The molecule has 10 nitrogen and oxygen atoms in total. The summed E-state index contributed by atoms with van der Waals surface area (Å²) in [5.74, 6) is -0.871. The summed E-state index contributed by atoms with van der Waals surface area (Å²) in [6.45, 7) is 1.22. The summed E-state index contributed by atoms with van der Waals surface area (Å²) in [5, 5.41) is 6.00. The number of sulfonamides is 1. The van der Waals surface area contributed by atoms with Crippen LogP contribution in [0, 0.1) is 6.92 Å². The minimum absolute atomic E-state index is 0.00788. The van der Waals surface area contributed by atoms with Gasteiger partial charge in [0.15, 0.2) is 6.61 Å². The molecule has 1 aliphatic rings. The molecule has 0 unspecified atom stereocenters. The van der Waals surface area contributed by atoms with Crippen LogP contribution in [0.25, 0.3) is 0 Å². The number of rotatable bonds is 6. The zero-order valence-electron chi connectivity index (χ0n) is 14.3. The van der Waals surface area contributed by atoms with Crippen LogP contribution in [0.4, 0.5) is 5.88 Å². The van der Waals surface area contributed by atoms with Crippen LogP contribution < -0.4 is 10.0 Å². The molecule has 3 rings (SSSR count). The van der Waals surface area contributed by atoms with Crippen LogP contribution in [0.3, 0.4) is 0 Å². The molecule has 2 N–H and O–H groups in total. The van der Waals surface area contributed by atoms with E-state index in [-0.39, 0.29) is 29.6 Å². The number of aliphatic imine (C=N–C) groups is 1. The summed E-state index contributed by atoms with van der Waals surface area (Å²) in [6, 6.07) is 7.93. The number of anilines is 1. The van der Waals surface area contributed by atoms with Crippen LogP contribution >= 0.6 is 0 Å². The second-order valence-corrected chi connectivity index (χ2v) is 7.27. The fraction of sp³-hybridized carbons (Fsp3) is 0.250. The summed E-state index contributed by atoms with van der Waals surface area (Å²) in [6.07, 6.45) is -0.109. The highest BCUT2D eigenvalue weighted by atomic mass is 32.2. The maximum Gasteiger partial charge on any atom is 0.308 e. The fourth-order valence-corrected chi connectivity index (χ4v) is 3.58. The maximum atomic E-state index is 11.9. The third kappa shape index (κ3) is 4.50. The van der Waals surface area contributed by atoms with Gasteiger partial charge in [0.2, 0.25) is 5.88 Å². The lowest BCUT2D eigenvalue weighted by molar-refractivity contribution is -0.147. The number of carbonyl (C=O) groups excluding carboxylic acids is 2. The predicted molar refractivity (Wildman–Crippen MR) is 93.6 cm³/mol. The maximum absolute atomic E-state index is 11.9. The largest absolute Gasteiger partial charge is 0.456 e. The Morgan fingerprint density at radius 2 is 2.11 bits per heavy atom. The molecule has 1 amide bonds. The molecule has 0 atom stereocenters. The molecule has 0 spiro atoms. The van der Waals surface area contributed by atoms with Crippen LogP contribution in [0.2, 0.25) is 0 Å². The minimum Gasteiger partial charge on any atom is -0.456 e. The van der Waals surface area contributed by atoms with Crippen molar-refractivity contribution in [2.75, 3.05) is 18.5 Å². The lowest BCUT2D eigenvalue weighted by atomic mass is 10.2. The van der Waals surface area contributed by atoms with E-state index in [1.165, 1.54) is 12.1 Å². The monoisotopic (exact) mass is 392 g/mol. The van der Waals surface area contributed by atoms with Gasteiger partial charge in [-0.15, -0.1) is 0 Å². The van der Waals surface area contributed by atoms with E-state index in [1.807, 2.05) is 0 Å². The Kier molecular flexibility index (Phi) is 5.21. The lowest BCUT2D eigenvalue weighted by Gasteiger charge is -2.04. The molecular weight excluding hydrogens is 376 g/mol. The van der Waals surface area contributed by atoms with Crippen LogP contribution in [-0.2, 0) is 24.3 Å². The van der Waals surface area contributed by atoms with E-state index in [2.05, 4.69) is 20.2 Å². The Morgan fingerprint density at radius 3 is 2.85 bits per heavy atom. The number of esters is 1. The smallest absolute Gasteiger partial charge is 0.308 e. The number of nitrogens with one attached hydrogen (secondary N) is 2. The lowest BCUT2D eigenvalue weighted by Crippen LogP contribution is -2.23. The van der Waals surface area contributed by atoms with Gasteiger partial charge in [-0.05, 0) is 19.1 Å². The molecule has 2 heterocycles. The van der Waals surface area contributed by atoms with Crippen LogP contribution in [0.15, 0.2) is 44.7 Å². The molecule has 142 valence electrons. The van der Waals surface area contributed by atoms with Gasteiger partial charge in [-0.2, -0.15) is 0 Å². The van der Waals surface area contributed by atoms with Gasteiger partial charge in [-0.3, -0.25) is 24.6 Å². The molecule has 2 aromatic rings. The Balaban J connectivity index is 1.47. The van der Waals surface area contributed by atoms with Gasteiger partial charge >= 0.3 is 5.97 Å². The van der Waals surface area contributed by atoms with Gasteiger partial charge in [-0.1, -0.05) is 17.3 Å². The number of aromatic nitrogens is 1. The van der Waals surface area contributed by atoms with Gasteiger partial charge in [0.25, 0.3) is 15.9 Å². The van der Waals surface area contributed by atoms with Crippen molar-refractivity contribution >= 4 is 33.6 Å². The quantitative estimate of drug-likeness (QED) is 0.686. The Labute approximate surface area is 154 Å². The molecular formula is C16H16N4O6S. The SMILES string of the molecule is Cc1cc(NC(=O)COC(=O)CCN=C2NS(=O)(=O)c3ccccc32)on1. The fourth-order valence-electron chi connectivity index (χ4n) is 2.32. The number of ether oxygens (including phenoxy) is 1. The van der Waals surface area contributed by atoms with Crippen molar-refractivity contribution < 1.29 is 27.3 Å². The van der Waals surface area contributed by atoms with Crippen molar-refractivity contribution in [1.82, 2.24) is 9.88 Å². The van der Waals surface area contributed by atoms with Gasteiger partial charge < -0.3 is 9.26 Å². The third-order valence-electron chi connectivity index (χ3n) is 3.50. The average molecular weight is 392 g/mol. The van der Waals surface area contributed by atoms with E-state index in [9.17, 15) is 18.0 Å². The number of nitrogens with zero attached hydrogens (tertiary/aromatic N) is 2. The highest BCUT2D eigenvalue weighted by Gasteiger charge is 2.29. The molecule has 1 aromatic carbocycles. The Morgan fingerprint density at radius 1 is 1.33 bits per heavy atom. The summed E-state index contributed by atoms with van der Waals surface area (Å²) >= 11 is 0. The Hall–Kier alpha value is -3.21. The number of benzene rings is 1. The first-order valence-corrected chi connectivity index (χ1v) is 9.39. The molecule has 0 bridgehead atoms. The number of amides is 1. The number of fused-ring (bicyclic) bond motifs is 1. The normalized spacial score (nSPS) is 15.8. The first-order valence-electron chi connectivity index (χ1n) is 7.90. The number of hydrogen-bond acceptors (Lipinski definition) is 8. The second kappa shape index (κ2) is 7.58. The van der Waals surface area contributed by atoms with E-state index in [1.54, 1.807) is 25.1 Å². The van der Waals surface area contributed by atoms with Gasteiger partial charge in [0.1, 0.15) is 5.84 Å². The summed E-state index contributed by atoms with van der Waals surface area (Å²) < 4.78 is 35.9. The number of carbonyl (C=O) groups is 2. The van der Waals surface area contributed by atoms with Gasteiger partial charge in [0.05, 0.1) is 23.6 Å². The van der Waals surface area contributed by atoms with E-state index in [4.69, 9.17) is 9.26 Å². The molecule has 1 aliphatic heterocycles. The second-order valence-electron chi connectivity index (χ2n) is 5.62. The minimum atomic E-state index is -3.62. The van der Waals surface area contributed by atoms with Crippen LogP contribution in [0.1, 0.15) is 17.7 Å². The van der Waals surface area contributed by atoms with Crippen LogP contribution in [-0.4, -0.2) is 44.4 Å². The average Bonchev–Trinajstić information content (AvgIpc) is 3.14. The number of amidine groups is 1. The Bertz CT molecular complexity index is 1010. The molecule has 0 saturated carbocycles. The number of aryl methyl sites for hydroxylation is 1. The highest BCUT2D eigenvalue weighted by molar-refractivity contribution is 7.90. The van der Waals surface area contributed by atoms with Crippen molar-refractivity contribution in [3.8, 4) is 0 Å². The molecule has 1 aromatic heterocycles. The molecule has 27 heavy (non-hydrogen) atoms.